The van der Waals surface area contributed by atoms with Crippen LogP contribution in [-0.4, -0.2) is 20.6 Å². The number of aromatic hydroxyl groups is 1. The van der Waals surface area contributed by atoms with E-state index in [1.165, 1.54) is 4.57 Å². The van der Waals surface area contributed by atoms with E-state index in [-0.39, 0.29) is 10.6 Å². The number of aromatic nitrogens is 2. The fourth-order valence-electron chi connectivity index (χ4n) is 2.56. The van der Waals surface area contributed by atoms with Crippen molar-refractivity contribution in [2.45, 2.75) is 30.7 Å². The molecule has 0 atom stereocenters. The number of carbonyl (C=O) groups excluding carboxylic acids is 1. The van der Waals surface area contributed by atoms with Gasteiger partial charge in [0.15, 0.2) is 5.56 Å². The van der Waals surface area contributed by atoms with Crippen molar-refractivity contribution in [2.75, 3.05) is 5.32 Å². The van der Waals surface area contributed by atoms with Gasteiger partial charge in [-0.15, -0.1) is 12.6 Å². The third-order valence-electron chi connectivity index (χ3n) is 3.71. The molecule has 0 bridgehead atoms. The minimum Gasteiger partial charge on any atom is -0.493 e. The zero-order valence-electron chi connectivity index (χ0n) is 12.0. The molecule has 0 saturated carbocycles. The number of fused-ring (bicyclic) bond motifs is 1. The Kier molecular flexibility index (Phi) is 4.32. The summed E-state index contributed by atoms with van der Waals surface area (Å²) in [5.74, 6) is -0.800. The molecule has 0 saturated heterocycles. The number of hydrogen-bond acceptors (Lipinski definition) is 5. The second-order valence-corrected chi connectivity index (χ2v) is 6.09. The number of rotatable bonds is 2. The summed E-state index contributed by atoms with van der Waals surface area (Å²) >= 11 is 10.2. The number of carbonyl (C=O) groups is 1. The maximum atomic E-state index is 12.5. The highest BCUT2D eigenvalue weighted by molar-refractivity contribution is 7.80. The fourth-order valence-corrected chi connectivity index (χ4v) is 2.94. The van der Waals surface area contributed by atoms with Crippen molar-refractivity contribution in [3.8, 4) is 5.88 Å². The molecule has 2 aromatic rings. The molecule has 0 spiro atoms. The van der Waals surface area contributed by atoms with Crippen LogP contribution in [0, 0.1) is 0 Å². The Hall–Kier alpha value is -1.99. The summed E-state index contributed by atoms with van der Waals surface area (Å²) in [4.78, 5) is 29.4. The molecule has 120 valence electrons. The average molecular weight is 352 g/mol. The Balaban J connectivity index is 2.00. The lowest BCUT2D eigenvalue weighted by atomic mass is 10.1. The van der Waals surface area contributed by atoms with Crippen LogP contribution >= 0.6 is 24.2 Å². The Labute approximate surface area is 142 Å². The highest BCUT2D eigenvalue weighted by Gasteiger charge is 2.24. The van der Waals surface area contributed by atoms with E-state index >= 15 is 0 Å². The first-order valence-corrected chi connectivity index (χ1v) is 7.93. The first-order valence-electron chi connectivity index (χ1n) is 7.10. The molecular weight excluding hydrogens is 338 g/mol. The Morgan fingerprint density at radius 2 is 2.17 bits per heavy atom. The van der Waals surface area contributed by atoms with Crippen LogP contribution in [0.1, 0.15) is 29.0 Å². The second kappa shape index (κ2) is 6.25. The SMILES string of the molecule is O=C(Nc1cccc(S)c1Cl)c1c(O)nc2n(c1=O)CCCC2. The van der Waals surface area contributed by atoms with E-state index in [2.05, 4.69) is 22.9 Å². The van der Waals surface area contributed by atoms with Crippen molar-refractivity contribution in [1.29, 1.82) is 0 Å². The number of nitrogens with one attached hydrogen (secondary N) is 1. The Morgan fingerprint density at radius 3 is 2.96 bits per heavy atom. The molecule has 3 rings (SSSR count). The van der Waals surface area contributed by atoms with Crippen LogP contribution in [0.2, 0.25) is 5.02 Å². The van der Waals surface area contributed by atoms with Gasteiger partial charge in [0.1, 0.15) is 5.82 Å². The maximum Gasteiger partial charge on any atom is 0.270 e. The highest BCUT2D eigenvalue weighted by atomic mass is 35.5. The number of aryl methyl sites for hydroxylation is 1. The van der Waals surface area contributed by atoms with E-state index in [1.807, 2.05) is 0 Å². The third-order valence-corrected chi connectivity index (χ3v) is 4.63. The van der Waals surface area contributed by atoms with Crippen LogP contribution < -0.4 is 10.9 Å². The number of halogens is 1. The van der Waals surface area contributed by atoms with E-state index in [4.69, 9.17) is 11.6 Å². The topological polar surface area (TPSA) is 84.2 Å². The summed E-state index contributed by atoms with van der Waals surface area (Å²) in [6, 6.07) is 4.93. The molecule has 1 aliphatic heterocycles. The number of thiol groups is 1. The van der Waals surface area contributed by atoms with Crippen LogP contribution in [0.15, 0.2) is 27.9 Å². The molecule has 2 heterocycles. The highest BCUT2D eigenvalue weighted by Crippen LogP contribution is 2.29. The smallest absolute Gasteiger partial charge is 0.270 e. The molecule has 0 fully saturated rings. The maximum absolute atomic E-state index is 12.5. The average Bonchev–Trinajstić information content (AvgIpc) is 2.52. The van der Waals surface area contributed by atoms with Gasteiger partial charge in [-0.3, -0.25) is 14.2 Å². The Bertz CT molecular complexity index is 851. The zero-order valence-corrected chi connectivity index (χ0v) is 13.7. The molecule has 8 heteroatoms. The predicted molar refractivity (Wildman–Crippen MR) is 89.8 cm³/mol. The van der Waals surface area contributed by atoms with Crippen LogP contribution in [-0.2, 0) is 13.0 Å². The van der Waals surface area contributed by atoms with Crippen LogP contribution in [0.3, 0.4) is 0 Å². The van der Waals surface area contributed by atoms with Crippen LogP contribution in [0.25, 0.3) is 0 Å². The lowest BCUT2D eigenvalue weighted by Gasteiger charge is -2.18. The van der Waals surface area contributed by atoms with Crippen molar-refractivity contribution in [3.63, 3.8) is 0 Å². The van der Waals surface area contributed by atoms with Gasteiger partial charge in [-0.25, -0.2) is 0 Å². The monoisotopic (exact) mass is 351 g/mol. The van der Waals surface area contributed by atoms with E-state index < -0.39 is 17.3 Å². The molecule has 0 radical (unpaired) electrons. The molecule has 23 heavy (non-hydrogen) atoms. The van der Waals surface area contributed by atoms with E-state index in [9.17, 15) is 14.7 Å². The summed E-state index contributed by atoms with van der Waals surface area (Å²) in [6.07, 6.45) is 2.36. The van der Waals surface area contributed by atoms with Gasteiger partial charge >= 0.3 is 0 Å². The lowest BCUT2D eigenvalue weighted by Crippen LogP contribution is -2.34. The van der Waals surface area contributed by atoms with Crippen molar-refractivity contribution in [3.05, 3.63) is 45.0 Å². The minimum atomic E-state index is -0.748. The van der Waals surface area contributed by atoms with Crippen LogP contribution in [0.4, 0.5) is 5.69 Å². The molecular formula is C15H14ClN3O3S. The molecule has 0 unspecified atom stereocenters. The van der Waals surface area contributed by atoms with Gasteiger partial charge in [0.05, 0.1) is 10.7 Å². The van der Waals surface area contributed by atoms with Gasteiger partial charge in [-0.1, -0.05) is 17.7 Å². The molecule has 1 aromatic carbocycles. The number of nitrogens with zero attached hydrogens (tertiary/aromatic N) is 2. The number of anilines is 1. The molecule has 1 amide bonds. The lowest BCUT2D eigenvalue weighted by molar-refractivity contribution is 0.102. The second-order valence-electron chi connectivity index (χ2n) is 5.23. The molecule has 0 aliphatic carbocycles. The molecule has 2 N–H and O–H groups in total. The number of hydrogen-bond donors (Lipinski definition) is 3. The van der Waals surface area contributed by atoms with E-state index in [0.717, 1.165) is 12.8 Å². The van der Waals surface area contributed by atoms with Gasteiger partial charge in [0.25, 0.3) is 11.5 Å². The zero-order chi connectivity index (χ0) is 16.6. The predicted octanol–water partition coefficient (Wildman–Crippen LogP) is 2.48. The fraction of sp³-hybridized carbons (Fsp3) is 0.267. The van der Waals surface area contributed by atoms with Crippen LogP contribution in [0.5, 0.6) is 5.88 Å². The van der Waals surface area contributed by atoms with Crippen molar-refractivity contribution in [2.24, 2.45) is 0 Å². The molecule has 6 nitrogen and oxygen atoms in total. The van der Waals surface area contributed by atoms with Gasteiger partial charge in [-0.2, -0.15) is 4.98 Å². The van der Waals surface area contributed by atoms with Gasteiger partial charge in [-0.05, 0) is 25.0 Å². The quantitative estimate of drug-likeness (QED) is 0.726. The summed E-state index contributed by atoms with van der Waals surface area (Å²) in [5, 5.41) is 12.8. The summed E-state index contributed by atoms with van der Waals surface area (Å²) < 4.78 is 1.44. The third kappa shape index (κ3) is 2.94. The van der Waals surface area contributed by atoms with Gasteiger partial charge in [0, 0.05) is 17.9 Å². The largest absolute Gasteiger partial charge is 0.493 e. The summed E-state index contributed by atoms with van der Waals surface area (Å²) in [7, 11) is 0. The molecule has 1 aromatic heterocycles. The summed E-state index contributed by atoms with van der Waals surface area (Å²) in [6.45, 7) is 0.495. The number of amides is 1. The van der Waals surface area contributed by atoms with Gasteiger partial charge in [0.2, 0.25) is 5.88 Å². The normalized spacial score (nSPS) is 13.5. The molecule has 1 aliphatic rings. The first kappa shape index (κ1) is 15.9. The van der Waals surface area contributed by atoms with Crippen molar-refractivity contribution < 1.29 is 9.90 Å². The summed E-state index contributed by atoms with van der Waals surface area (Å²) in [5.41, 5.74) is -0.607. The van der Waals surface area contributed by atoms with E-state index in [0.29, 0.717) is 29.4 Å². The minimum absolute atomic E-state index is 0.259. The first-order chi connectivity index (χ1) is 11.0. The van der Waals surface area contributed by atoms with E-state index in [1.54, 1.807) is 18.2 Å². The number of benzene rings is 1. The van der Waals surface area contributed by atoms with Crippen molar-refractivity contribution >= 4 is 35.8 Å². The van der Waals surface area contributed by atoms with Crippen molar-refractivity contribution in [1.82, 2.24) is 9.55 Å². The van der Waals surface area contributed by atoms with Gasteiger partial charge < -0.3 is 10.4 Å². The Morgan fingerprint density at radius 1 is 1.39 bits per heavy atom. The standard InChI is InChI=1S/C15H14ClN3O3S/c16-12-8(4-3-5-9(12)23)17-13(20)11-14(21)18-10-6-1-2-7-19(10)15(11)22/h3-5,21,23H,1-2,6-7H2,(H,17,20).